The summed E-state index contributed by atoms with van der Waals surface area (Å²) in [5.74, 6) is 5.53. The highest BCUT2D eigenvalue weighted by atomic mass is 16.2. The average Bonchev–Trinajstić information content (AvgIpc) is 2.48. The van der Waals surface area contributed by atoms with E-state index in [1.807, 2.05) is 25.1 Å². The molecule has 1 amide bonds. The van der Waals surface area contributed by atoms with Crippen LogP contribution in [0.15, 0.2) is 42.5 Å². The number of pyridine rings is 1. The van der Waals surface area contributed by atoms with E-state index in [4.69, 9.17) is 5.11 Å². The molecule has 2 N–H and O–H groups in total. The molecule has 0 spiro atoms. The van der Waals surface area contributed by atoms with Crippen LogP contribution in [-0.2, 0) is 0 Å². The van der Waals surface area contributed by atoms with E-state index in [1.165, 1.54) is 0 Å². The van der Waals surface area contributed by atoms with Crippen molar-refractivity contribution in [1.82, 2.24) is 4.98 Å². The number of nitrogens with one attached hydrogen (secondary N) is 1. The van der Waals surface area contributed by atoms with Gasteiger partial charge in [0.2, 0.25) is 0 Å². The Balaban J connectivity index is 2.11. The second-order valence-corrected chi connectivity index (χ2v) is 4.47. The quantitative estimate of drug-likeness (QED) is 0.849. The number of benzene rings is 1. The zero-order valence-electron chi connectivity index (χ0n) is 11.8. The van der Waals surface area contributed by atoms with Gasteiger partial charge >= 0.3 is 0 Å². The Labute approximate surface area is 123 Å². The van der Waals surface area contributed by atoms with E-state index in [0.717, 1.165) is 11.3 Å². The molecule has 2 aromatic rings. The lowest BCUT2D eigenvalue weighted by Crippen LogP contribution is -2.13. The Morgan fingerprint density at radius 2 is 2.10 bits per heavy atom. The minimum absolute atomic E-state index is 0.0441. The van der Waals surface area contributed by atoms with E-state index in [-0.39, 0.29) is 12.5 Å². The highest BCUT2D eigenvalue weighted by molar-refractivity contribution is 6.02. The van der Waals surface area contributed by atoms with Crippen LogP contribution in [0, 0.1) is 18.8 Å². The van der Waals surface area contributed by atoms with Crippen molar-refractivity contribution in [1.29, 1.82) is 0 Å². The number of carbonyl (C=O) groups excluding carboxylic acids is 1. The molecule has 1 aromatic heterocycles. The van der Waals surface area contributed by atoms with Crippen LogP contribution >= 0.6 is 0 Å². The highest BCUT2D eigenvalue weighted by Gasteiger charge is 2.07. The molecule has 0 aliphatic heterocycles. The van der Waals surface area contributed by atoms with Gasteiger partial charge in [-0.15, -0.1) is 0 Å². The number of aromatic nitrogens is 1. The first-order valence-electron chi connectivity index (χ1n) is 6.64. The number of aliphatic hydroxyl groups is 1. The molecule has 0 aliphatic carbocycles. The van der Waals surface area contributed by atoms with Crippen molar-refractivity contribution in [3.05, 3.63) is 59.4 Å². The molecule has 0 unspecified atom stereocenters. The molecule has 0 saturated carbocycles. The lowest BCUT2D eigenvalue weighted by atomic mass is 10.2. The predicted molar refractivity (Wildman–Crippen MR) is 82.0 cm³/mol. The Bertz CT molecular complexity index is 699. The van der Waals surface area contributed by atoms with Crippen LogP contribution in [0.2, 0.25) is 0 Å². The van der Waals surface area contributed by atoms with Crippen LogP contribution in [0.3, 0.4) is 0 Å². The van der Waals surface area contributed by atoms with Gasteiger partial charge in [-0.2, -0.15) is 0 Å². The molecule has 0 atom stereocenters. The zero-order valence-corrected chi connectivity index (χ0v) is 11.8. The first-order valence-corrected chi connectivity index (χ1v) is 6.64. The summed E-state index contributed by atoms with van der Waals surface area (Å²) in [6, 6.07) is 12.6. The summed E-state index contributed by atoms with van der Waals surface area (Å²) in [7, 11) is 0. The minimum atomic E-state index is -0.251. The van der Waals surface area contributed by atoms with Crippen molar-refractivity contribution in [2.75, 3.05) is 11.9 Å². The fourth-order valence-corrected chi connectivity index (χ4v) is 1.76. The molecule has 0 aliphatic rings. The molecular formula is C17H16N2O2. The number of amides is 1. The van der Waals surface area contributed by atoms with Gasteiger partial charge in [-0.1, -0.05) is 24.0 Å². The SMILES string of the molecule is Cc1cccc(C(=O)Nc2cccc(C#CCCO)c2)n1. The molecule has 0 radical (unpaired) electrons. The third-order valence-corrected chi connectivity index (χ3v) is 2.71. The zero-order chi connectivity index (χ0) is 15.1. The molecule has 1 aromatic carbocycles. The van der Waals surface area contributed by atoms with E-state index in [2.05, 4.69) is 22.1 Å². The summed E-state index contributed by atoms with van der Waals surface area (Å²) >= 11 is 0. The molecule has 0 fully saturated rings. The van der Waals surface area contributed by atoms with E-state index >= 15 is 0 Å². The maximum Gasteiger partial charge on any atom is 0.274 e. The number of aryl methyl sites for hydroxylation is 1. The maximum atomic E-state index is 12.1. The van der Waals surface area contributed by atoms with Gasteiger partial charge in [-0.3, -0.25) is 4.79 Å². The van der Waals surface area contributed by atoms with E-state index in [0.29, 0.717) is 17.8 Å². The van der Waals surface area contributed by atoms with E-state index in [9.17, 15) is 4.79 Å². The topological polar surface area (TPSA) is 62.2 Å². The third-order valence-electron chi connectivity index (χ3n) is 2.71. The van der Waals surface area contributed by atoms with Crippen molar-refractivity contribution >= 4 is 11.6 Å². The second-order valence-electron chi connectivity index (χ2n) is 4.47. The van der Waals surface area contributed by atoms with Crippen LogP contribution in [0.5, 0.6) is 0 Å². The van der Waals surface area contributed by atoms with Gasteiger partial charge in [0.15, 0.2) is 0 Å². The Hall–Kier alpha value is -2.64. The third kappa shape index (κ3) is 4.44. The number of hydrogen-bond acceptors (Lipinski definition) is 3. The summed E-state index contributed by atoms with van der Waals surface area (Å²) in [5, 5.41) is 11.5. The summed E-state index contributed by atoms with van der Waals surface area (Å²) in [6.07, 6.45) is 0.434. The standard InChI is InChI=1S/C17H16N2O2/c1-13-6-4-10-16(18-13)17(21)19-15-9-5-8-14(12-15)7-2-3-11-20/h4-6,8-10,12,20H,3,11H2,1H3,(H,19,21). The normalized spacial score (nSPS) is 9.62. The fraction of sp³-hybridized carbons (Fsp3) is 0.176. The molecule has 4 heteroatoms. The number of hydrogen-bond donors (Lipinski definition) is 2. The lowest BCUT2D eigenvalue weighted by Gasteiger charge is -2.05. The summed E-state index contributed by atoms with van der Waals surface area (Å²) < 4.78 is 0. The summed E-state index contributed by atoms with van der Waals surface area (Å²) in [4.78, 5) is 16.3. The van der Waals surface area contributed by atoms with Crippen molar-refractivity contribution in [3.8, 4) is 11.8 Å². The summed E-state index contributed by atoms with van der Waals surface area (Å²) in [5.41, 5.74) is 2.63. The lowest BCUT2D eigenvalue weighted by molar-refractivity contribution is 0.102. The van der Waals surface area contributed by atoms with E-state index < -0.39 is 0 Å². The van der Waals surface area contributed by atoms with Crippen molar-refractivity contribution in [2.24, 2.45) is 0 Å². The van der Waals surface area contributed by atoms with Gasteiger partial charge in [-0.25, -0.2) is 4.98 Å². The number of anilines is 1. The van der Waals surface area contributed by atoms with Crippen LogP contribution in [0.4, 0.5) is 5.69 Å². The molecule has 2 rings (SSSR count). The first kappa shape index (κ1) is 14.8. The second kappa shape index (κ2) is 7.22. The molecule has 106 valence electrons. The Morgan fingerprint density at radius 1 is 1.29 bits per heavy atom. The van der Waals surface area contributed by atoms with Crippen molar-refractivity contribution in [3.63, 3.8) is 0 Å². The van der Waals surface area contributed by atoms with Crippen molar-refractivity contribution in [2.45, 2.75) is 13.3 Å². The number of carbonyl (C=O) groups is 1. The molecule has 21 heavy (non-hydrogen) atoms. The van der Waals surface area contributed by atoms with Crippen LogP contribution in [0.25, 0.3) is 0 Å². The van der Waals surface area contributed by atoms with Gasteiger partial charge in [-0.05, 0) is 37.3 Å². The van der Waals surface area contributed by atoms with Crippen molar-refractivity contribution < 1.29 is 9.90 Å². The monoisotopic (exact) mass is 280 g/mol. The Kier molecular flexibility index (Phi) is 5.08. The average molecular weight is 280 g/mol. The first-order chi connectivity index (χ1) is 10.2. The smallest absolute Gasteiger partial charge is 0.274 e. The molecule has 0 saturated heterocycles. The maximum absolute atomic E-state index is 12.1. The predicted octanol–water partition coefficient (Wildman–Crippen LogP) is 2.38. The summed E-state index contributed by atoms with van der Waals surface area (Å²) in [6.45, 7) is 1.89. The van der Waals surface area contributed by atoms with Crippen LogP contribution in [-0.4, -0.2) is 22.6 Å². The van der Waals surface area contributed by atoms with Gasteiger partial charge in [0.25, 0.3) is 5.91 Å². The molecule has 4 nitrogen and oxygen atoms in total. The molecular weight excluding hydrogens is 264 g/mol. The number of aliphatic hydroxyl groups excluding tert-OH is 1. The molecule has 1 heterocycles. The minimum Gasteiger partial charge on any atom is -0.395 e. The Morgan fingerprint density at radius 3 is 2.86 bits per heavy atom. The largest absolute Gasteiger partial charge is 0.395 e. The molecule has 0 bridgehead atoms. The fourth-order valence-electron chi connectivity index (χ4n) is 1.76. The van der Waals surface area contributed by atoms with Gasteiger partial charge in [0, 0.05) is 23.4 Å². The van der Waals surface area contributed by atoms with Gasteiger partial charge < -0.3 is 10.4 Å². The van der Waals surface area contributed by atoms with Crippen LogP contribution < -0.4 is 5.32 Å². The van der Waals surface area contributed by atoms with E-state index in [1.54, 1.807) is 24.3 Å². The van der Waals surface area contributed by atoms with Crippen LogP contribution in [0.1, 0.15) is 28.2 Å². The number of rotatable bonds is 3. The highest BCUT2D eigenvalue weighted by Crippen LogP contribution is 2.11. The number of nitrogens with zero attached hydrogens (tertiary/aromatic N) is 1. The van der Waals surface area contributed by atoms with Gasteiger partial charge in [0.05, 0.1) is 6.61 Å². The van der Waals surface area contributed by atoms with Gasteiger partial charge in [0.1, 0.15) is 5.69 Å².